The van der Waals surface area contributed by atoms with E-state index in [1.165, 1.54) is 11.0 Å². The third-order valence-electron chi connectivity index (χ3n) is 13.2. The zero-order chi connectivity index (χ0) is 44.0. The Balaban J connectivity index is 0.00000641. The van der Waals surface area contributed by atoms with Gasteiger partial charge in [-0.3, -0.25) is 39.0 Å². The minimum absolute atomic E-state index is 0. The molecular formula is C44H55ClF3N9O4S. The second-order valence-electron chi connectivity index (χ2n) is 17.8. The number of aryl methyl sites for hydroxylation is 1. The van der Waals surface area contributed by atoms with E-state index in [0.717, 1.165) is 87.6 Å². The predicted molar refractivity (Wildman–Crippen MR) is 236 cm³/mol. The summed E-state index contributed by atoms with van der Waals surface area (Å²) in [4.78, 5) is 59.3. The number of hydrogen-bond donors (Lipinski definition) is 2. The average Bonchev–Trinajstić information content (AvgIpc) is 3.62. The summed E-state index contributed by atoms with van der Waals surface area (Å²) in [5.74, 6) is -1.12. The molecule has 3 aliphatic heterocycles. The van der Waals surface area contributed by atoms with Gasteiger partial charge >= 0.3 is 6.18 Å². The lowest BCUT2D eigenvalue weighted by Gasteiger charge is -2.44. The van der Waals surface area contributed by atoms with Crippen molar-refractivity contribution < 1.29 is 32.3 Å². The summed E-state index contributed by atoms with van der Waals surface area (Å²) in [5.41, 5.74) is -0.652. The fraction of sp³-hybridized carbons (Fsp3) is 0.568. The van der Waals surface area contributed by atoms with Crippen LogP contribution in [0.1, 0.15) is 108 Å². The van der Waals surface area contributed by atoms with Gasteiger partial charge in [0.1, 0.15) is 5.54 Å². The maximum absolute atomic E-state index is 13.8. The highest BCUT2D eigenvalue weighted by Crippen LogP contribution is 2.42. The first-order chi connectivity index (χ1) is 28.9. The number of halogens is 4. The number of piperazine rings is 1. The molecule has 334 valence electrons. The molecule has 2 N–H and O–H groups in total. The normalized spacial score (nSPS) is 24.9. The molecule has 0 bridgehead atoms. The van der Waals surface area contributed by atoms with Gasteiger partial charge in [0, 0.05) is 50.1 Å². The number of amides is 4. The number of rotatable bonds is 11. The monoisotopic (exact) mass is 897 g/mol. The summed E-state index contributed by atoms with van der Waals surface area (Å²) in [5, 5.41) is 20.4. The summed E-state index contributed by atoms with van der Waals surface area (Å²) < 4.78 is 43.0. The van der Waals surface area contributed by atoms with Crippen LogP contribution in [0.2, 0.25) is 0 Å². The van der Waals surface area contributed by atoms with E-state index in [0.29, 0.717) is 23.7 Å². The van der Waals surface area contributed by atoms with Crippen LogP contribution in [-0.4, -0.2) is 103 Å². The number of anilines is 2. The number of imide groups is 1. The van der Waals surface area contributed by atoms with E-state index in [1.807, 2.05) is 23.1 Å². The maximum atomic E-state index is 13.8. The smallest absolute Gasteiger partial charge is 0.331 e. The van der Waals surface area contributed by atoms with Gasteiger partial charge in [-0.15, -0.1) is 12.4 Å². The van der Waals surface area contributed by atoms with Gasteiger partial charge < -0.3 is 15.1 Å². The molecule has 0 radical (unpaired) electrons. The molecule has 1 aromatic heterocycles. The number of nitriles is 1. The van der Waals surface area contributed by atoms with Crippen LogP contribution in [-0.2, 0) is 32.4 Å². The van der Waals surface area contributed by atoms with Gasteiger partial charge in [0.15, 0.2) is 5.11 Å². The van der Waals surface area contributed by atoms with Crippen molar-refractivity contribution in [2.24, 2.45) is 13.0 Å². The van der Waals surface area contributed by atoms with Gasteiger partial charge in [-0.25, -0.2) is 0 Å². The van der Waals surface area contributed by atoms with Crippen molar-refractivity contribution in [3.05, 3.63) is 53.2 Å². The lowest BCUT2D eigenvalue weighted by molar-refractivity contribution is -0.138. The highest BCUT2D eigenvalue weighted by Gasteiger charge is 2.52. The van der Waals surface area contributed by atoms with Crippen molar-refractivity contribution >= 4 is 75.6 Å². The Morgan fingerprint density at radius 1 is 1.03 bits per heavy atom. The lowest BCUT2D eigenvalue weighted by Crippen LogP contribution is -2.58. The van der Waals surface area contributed by atoms with Crippen molar-refractivity contribution in [2.45, 2.75) is 121 Å². The number of carbonyl (C=O) groups excluding carboxylic acids is 4. The van der Waals surface area contributed by atoms with Gasteiger partial charge in [0.05, 0.1) is 52.2 Å². The van der Waals surface area contributed by atoms with Crippen molar-refractivity contribution in [3.8, 4) is 6.07 Å². The van der Waals surface area contributed by atoms with E-state index in [2.05, 4.69) is 39.4 Å². The minimum Gasteiger partial charge on any atom is -0.331 e. The fourth-order valence-electron chi connectivity index (χ4n) is 10.1. The molecule has 3 aromatic rings. The third kappa shape index (κ3) is 9.34. The minimum atomic E-state index is -4.75. The highest BCUT2D eigenvalue weighted by atomic mass is 35.5. The lowest BCUT2D eigenvalue weighted by atomic mass is 9.81. The molecule has 4 aliphatic rings. The SMILES string of the molecule is C[C@@H]1CN(CCCCC2CCC(N3C(=S)N(c4ccc(C#N)c(C(F)(F)F)c4)C(=O)C3(C)C)CC2)C[C@H](C)N1CC(=O)Nc1cccc2c(C3CCC(=O)NC3=O)nn(C)c12.Cl. The molecule has 3 atom stereocenters. The Labute approximate surface area is 371 Å². The summed E-state index contributed by atoms with van der Waals surface area (Å²) >= 11 is 5.78. The van der Waals surface area contributed by atoms with Gasteiger partial charge in [-0.2, -0.15) is 23.5 Å². The Kier molecular flexibility index (Phi) is 14.1. The molecule has 13 nitrogen and oxygen atoms in total. The van der Waals surface area contributed by atoms with Crippen molar-refractivity contribution in [1.29, 1.82) is 5.26 Å². The number of unbranched alkanes of at least 4 members (excludes halogenated alkanes) is 1. The van der Waals surface area contributed by atoms with Crippen LogP contribution in [0.4, 0.5) is 24.5 Å². The summed E-state index contributed by atoms with van der Waals surface area (Å²) in [7, 11) is 1.79. The van der Waals surface area contributed by atoms with Gasteiger partial charge in [-0.1, -0.05) is 25.0 Å². The zero-order valence-corrected chi connectivity index (χ0v) is 37.4. The van der Waals surface area contributed by atoms with Crippen LogP contribution in [0, 0.1) is 17.2 Å². The molecule has 4 heterocycles. The quantitative estimate of drug-likeness (QED) is 0.119. The molecule has 0 spiro atoms. The first-order valence-corrected chi connectivity index (χ1v) is 21.7. The van der Waals surface area contributed by atoms with Crippen LogP contribution in [0.15, 0.2) is 36.4 Å². The fourth-order valence-corrected chi connectivity index (χ4v) is 10.7. The number of piperidine rings is 1. The van der Waals surface area contributed by atoms with Crippen molar-refractivity contribution in [3.63, 3.8) is 0 Å². The van der Waals surface area contributed by atoms with E-state index in [-0.39, 0.29) is 77.9 Å². The Morgan fingerprint density at radius 3 is 2.37 bits per heavy atom. The number of aromatic nitrogens is 2. The van der Waals surface area contributed by atoms with Gasteiger partial charge in [-0.05, 0) is 115 Å². The summed E-state index contributed by atoms with van der Waals surface area (Å²) in [6.45, 7) is 10.8. The number of nitrogens with zero attached hydrogens (tertiary/aromatic N) is 7. The summed E-state index contributed by atoms with van der Waals surface area (Å²) in [6.07, 6.45) is 2.78. The molecule has 1 aliphatic carbocycles. The number of benzene rings is 2. The molecule has 4 fully saturated rings. The first-order valence-electron chi connectivity index (χ1n) is 21.3. The molecule has 1 unspecified atom stereocenters. The molecule has 1 saturated carbocycles. The molecular weight excluding hydrogens is 843 g/mol. The first kappa shape index (κ1) is 46.9. The van der Waals surface area contributed by atoms with Crippen molar-refractivity contribution in [2.75, 3.05) is 36.4 Å². The van der Waals surface area contributed by atoms with Gasteiger partial charge in [0.2, 0.25) is 17.7 Å². The van der Waals surface area contributed by atoms with E-state index in [1.54, 1.807) is 31.6 Å². The van der Waals surface area contributed by atoms with Crippen LogP contribution >= 0.6 is 24.6 Å². The molecule has 18 heteroatoms. The number of carbonyl (C=O) groups is 4. The predicted octanol–water partition coefficient (Wildman–Crippen LogP) is 6.88. The molecule has 3 saturated heterocycles. The molecule has 7 rings (SSSR count). The second kappa shape index (κ2) is 18.6. The Hall–Kier alpha value is -4.63. The maximum Gasteiger partial charge on any atom is 0.417 e. The van der Waals surface area contributed by atoms with Crippen molar-refractivity contribution in [1.82, 2.24) is 29.8 Å². The van der Waals surface area contributed by atoms with E-state index < -0.39 is 28.8 Å². The topological polar surface area (TPSA) is 147 Å². The molecule has 4 amide bonds. The highest BCUT2D eigenvalue weighted by molar-refractivity contribution is 7.80. The van der Waals surface area contributed by atoms with E-state index >= 15 is 0 Å². The second-order valence-corrected chi connectivity index (χ2v) is 18.1. The zero-order valence-electron chi connectivity index (χ0n) is 35.8. The van der Waals surface area contributed by atoms with E-state index in [9.17, 15) is 37.6 Å². The Bertz CT molecular complexity index is 2260. The van der Waals surface area contributed by atoms with Crippen LogP contribution < -0.4 is 15.5 Å². The molecule has 62 heavy (non-hydrogen) atoms. The van der Waals surface area contributed by atoms with Crippen LogP contribution in [0.25, 0.3) is 10.9 Å². The number of nitrogens with one attached hydrogen (secondary N) is 2. The van der Waals surface area contributed by atoms with Gasteiger partial charge in [0.25, 0.3) is 5.91 Å². The number of thiocarbonyl (C=S) groups is 1. The standard InChI is InChI=1S/C44H54F3N9O4S.ClH/c1-26-23-53(24-27(2)54(26)25-37(58)49-35-11-8-10-32-38(51-52(5)39(32)35)33-18-19-36(57)50-40(33)59)20-7-6-9-28-12-15-30(16-13-28)56-42(61)55(41(60)43(56,3)4)31-17-14-29(22-48)34(21-31)44(45,46)47;/h8,10-11,14,17,21,26-28,30,33H,6-7,9,12-13,15-16,18-20,23-25H2,1-5H3,(H,49,58)(H,50,57,59);1H/t26-,27+,28?,30?,33?;. The average molecular weight is 898 g/mol. The third-order valence-corrected chi connectivity index (χ3v) is 13.6. The summed E-state index contributed by atoms with van der Waals surface area (Å²) in [6, 6.07) is 10.8. The number of alkyl halides is 3. The van der Waals surface area contributed by atoms with Crippen LogP contribution in [0.5, 0.6) is 0 Å². The van der Waals surface area contributed by atoms with Crippen LogP contribution in [0.3, 0.4) is 0 Å². The number of hydrogen-bond acceptors (Lipinski definition) is 9. The number of para-hydroxylation sites is 1. The Morgan fingerprint density at radius 2 is 1.73 bits per heavy atom. The molecule has 2 aromatic carbocycles. The largest absolute Gasteiger partial charge is 0.417 e. The van der Waals surface area contributed by atoms with E-state index in [4.69, 9.17) is 12.2 Å². The number of fused-ring (bicyclic) bond motifs is 1.